The van der Waals surface area contributed by atoms with Gasteiger partial charge in [0.2, 0.25) is 0 Å². The molecule has 1 aliphatic heterocycles. The van der Waals surface area contributed by atoms with E-state index in [4.69, 9.17) is 14.5 Å². The number of aromatic nitrogens is 1. The maximum atomic E-state index is 5.74. The zero-order valence-corrected chi connectivity index (χ0v) is 13.2. The minimum atomic E-state index is -0.00873. The highest BCUT2D eigenvalue weighted by Gasteiger charge is 2.40. The van der Waals surface area contributed by atoms with E-state index in [-0.39, 0.29) is 11.6 Å². The molecule has 4 nitrogen and oxygen atoms in total. The largest absolute Gasteiger partial charge is 0.383 e. The molecule has 5 heteroatoms. The summed E-state index contributed by atoms with van der Waals surface area (Å²) in [6.45, 7) is 4.58. The van der Waals surface area contributed by atoms with Gasteiger partial charge in [-0.2, -0.15) is 0 Å². The van der Waals surface area contributed by atoms with Crippen LogP contribution in [0.5, 0.6) is 0 Å². The van der Waals surface area contributed by atoms with E-state index in [1.54, 1.807) is 7.11 Å². The van der Waals surface area contributed by atoms with E-state index in [9.17, 15) is 0 Å². The molecule has 3 rings (SSSR count). The highest BCUT2D eigenvalue weighted by atomic mass is 32.1. The molecule has 112 valence electrons. The summed E-state index contributed by atoms with van der Waals surface area (Å²) in [5, 5.41) is 4.99. The lowest BCUT2D eigenvalue weighted by Crippen LogP contribution is -2.49. The Morgan fingerprint density at radius 3 is 3.15 bits per heavy atom. The van der Waals surface area contributed by atoms with E-state index in [2.05, 4.69) is 12.2 Å². The number of hydrogen-bond donors (Lipinski definition) is 1. The number of nitrogens with one attached hydrogen (secondary N) is 1. The van der Waals surface area contributed by atoms with Gasteiger partial charge in [0.1, 0.15) is 5.01 Å². The zero-order chi connectivity index (χ0) is 14.0. The molecule has 2 heterocycles. The molecule has 0 aromatic carbocycles. The second-order valence-electron chi connectivity index (χ2n) is 5.88. The van der Waals surface area contributed by atoms with Crippen LogP contribution in [0.3, 0.4) is 0 Å². The van der Waals surface area contributed by atoms with Gasteiger partial charge in [0.25, 0.3) is 0 Å². The van der Waals surface area contributed by atoms with Crippen molar-refractivity contribution in [1.82, 2.24) is 10.3 Å². The van der Waals surface area contributed by atoms with Gasteiger partial charge in [0, 0.05) is 25.1 Å². The monoisotopic (exact) mass is 296 g/mol. The van der Waals surface area contributed by atoms with E-state index in [1.807, 2.05) is 11.3 Å². The smallest absolute Gasteiger partial charge is 0.113 e. The third-order valence-electron chi connectivity index (χ3n) is 4.34. The van der Waals surface area contributed by atoms with E-state index >= 15 is 0 Å². The summed E-state index contributed by atoms with van der Waals surface area (Å²) in [6, 6.07) is 0. The van der Waals surface area contributed by atoms with Gasteiger partial charge >= 0.3 is 0 Å². The molecule has 2 unspecified atom stereocenters. The third-order valence-corrected chi connectivity index (χ3v) is 5.70. The minimum Gasteiger partial charge on any atom is -0.383 e. The van der Waals surface area contributed by atoms with Crippen LogP contribution in [0, 0.1) is 0 Å². The van der Waals surface area contributed by atoms with Gasteiger partial charge in [-0.15, -0.1) is 11.3 Å². The summed E-state index contributed by atoms with van der Waals surface area (Å²) in [6.07, 6.45) is 5.95. The summed E-state index contributed by atoms with van der Waals surface area (Å²) in [7, 11) is 1.75. The molecular formula is C15H24N2O2S. The third kappa shape index (κ3) is 2.77. The van der Waals surface area contributed by atoms with Crippen molar-refractivity contribution >= 4 is 11.3 Å². The van der Waals surface area contributed by atoms with E-state index in [0.717, 1.165) is 39.0 Å². The second-order valence-corrected chi connectivity index (χ2v) is 6.96. The maximum Gasteiger partial charge on any atom is 0.113 e. The average molecular weight is 296 g/mol. The Balaban J connectivity index is 1.83. The van der Waals surface area contributed by atoms with E-state index in [1.165, 1.54) is 28.4 Å². The summed E-state index contributed by atoms with van der Waals surface area (Å²) in [5.74, 6) is 0. The van der Waals surface area contributed by atoms with Crippen molar-refractivity contribution in [2.75, 3.05) is 26.9 Å². The molecule has 1 fully saturated rings. The van der Waals surface area contributed by atoms with Crippen LogP contribution >= 0.6 is 11.3 Å². The first kappa shape index (κ1) is 14.4. The standard InChI is InChI=1S/C15H24N2O2S/c1-11-10-15(6-8-19-11,16-7-9-18-2)14-17-12-4-3-5-13(12)20-14/h11,16H,3-10H2,1-2H3. The lowest BCUT2D eigenvalue weighted by molar-refractivity contribution is -0.0222. The SMILES string of the molecule is COCCNC1(c2nc3c(s2)CCC3)CCOC(C)C1. The lowest BCUT2D eigenvalue weighted by atomic mass is 9.87. The first-order chi connectivity index (χ1) is 9.73. The number of ether oxygens (including phenoxy) is 2. The lowest BCUT2D eigenvalue weighted by Gasteiger charge is -2.39. The summed E-state index contributed by atoms with van der Waals surface area (Å²) < 4.78 is 10.9. The van der Waals surface area contributed by atoms with Crippen molar-refractivity contribution < 1.29 is 9.47 Å². The van der Waals surface area contributed by atoms with Crippen LogP contribution in [-0.2, 0) is 27.9 Å². The Bertz CT molecular complexity index is 441. The highest BCUT2D eigenvalue weighted by Crippen LogP contribution is 2.40. The molecule has 2 atom stereocenters. The number of rotatable bonds is 5. The topological polar surface area (TPSA) is 43.4 Å². The molecule has 0 radical (unpaired) electrons. The molecular weight excluding hydrogens is 272 g/mol. The zero-order valence-electron chi connectivity index (χ0n) is 12.4. The second kappa shape index (κ2) is 6.10. The average Bonchev–Trinajstić information content (AvgIpc) is 3.00. The molecule has 0 spiro atoms. The normalized spacial score (nSPS) is 29.6. The number of hydrogen-bond acceptors (Lipinski definition) is 5. The molecule has 1 aromatic rings. The Hall–Kier alpha value is -0.490. The van der Waals surface area contributed by atoms with Gasteiger partial charge in [0.15, 0.2) is 0 Å². The van der Waals surface area contributed by atoms with Crippen molar-refractivity contribution in [2.45, 2.75) is 50.7 Å². The number of thiazole rings is 1. The first-order valence-corrected chi connectivity index (χ1v) is 8.40. The van der Waals surface area contributed by atoms with E-state index in [0.29, 0.717) is 0 Å². The van der Waals surface area contributed by atoms with Gasteiger partial charge in [-0.25, -0.2) is 4.98 Å². The van der Waals surface area contributed by atoms with Gasteiger partial charge in [0.05, 0.1) is 23.9 Å². The van der Waals surface area contributed by atoms with Gasteiger partial charge in [-0.1, -0.05) is 0 Å². The van der Waals surface area contributed by atoms with Crippen LogP contribution in [0.15, 0.2) is 0 Å². The summed E-state index contributed by atoms with van der Waals surface area (Å²) in [4.78, 5) is 6.47. The van der Waals surface area contributed by atoms with Crippen molar-refractivity contribution in [3.05, 3.63) is 15.6 Å². The van der Waals surface area contributed by atoms with Crippen LogP contribution in [0.25, 0.3) is 0 Å². The fraction of sp³-hybridized carbons (Fsp3) is 0.800. The van der Waals surface area contributed by atoms with Crippen LogP contribution in [-0.4, -0.2) is 38.0 Å². The fourth-order valence-electron chi connectivity index (χ4n) is 3.30. The predicted molar refractivity (Wildman–Crippen MR) is 80.3 cm³/mol. The Morgan fingerprint density at radius 2 is 2.40 bits per heavy atom. The fourth-order valence-corrected chi connectivity index (χ4v) is 4.66. The molecule has 1 saturated heterocycles. The van der Waals surface area contributed by atoms with E-state index < -0.39 is 0 Å². The number of nitrogens with zero attached hydrogens (tertiary/aromatic N) is 1. The molecule has 1 aromatic heterocycles. The molecule has 0 bridgehead atoms. The van der Waals surface area contributed by atoms with Crippen LogP contribution < -0.4 is 5.32 Å². The molecule has 0 saturated carbocycles. The predicted octanol–water partition coefficient (Wildman–Crippen LogP) is 2.26. The van der Waals surface area contributed by atoms with Crippen LogP contribution in [0.2, 0.25) is 0 Å². The highest BCUT2D eigenvalue weighted by molar-refractivity contribution is 7.12. The molecule has 0 amide bonds. The first-order valence-electron chi connectivity index (χ1n) is 7.58. The number of aryl methyl sites for hydroxylation is 2. The Kier molecular flexibility index (Phi) is 4.40. The van der Waals surface area contributed by atoms with Crippen LogP contribution in [0.1, 0.15) is 41.8 Å². The van der Waals surface area contributed by atoms with Crippen molar-refractivity contribution in [3.63, 3.8) is 0 Å². The molecule has 1 N–H and O–H groups in total. The Morgan fingerprint density at radius 1 is 1.50 bits per heavy atom. The molecule has 2 aliphatic rings. The quantitative estimate of drug-likeness (QED) is 0.847. The van der Waals surface area contributed by atoms with Crippen molar-refractivity contribution in [1.29, 1.82) is 0 Å². The molecule has 20 heavy (non-hydrogen) atoms. The molecule has 1 aliphatic carbocycles. The number of methoxy groups -OCH3 is 1. The van der Waals surface area contributed by atoms with Crippen molar-refractivity contribution in [2.24, 2.45) is 0 Å². The number of fused-ring (bicyclic) bond motifs is 1. The van der Waals surface area contributed by atoms with Crippen molar-refractivity contribution in [3.8, 4) is 0 Å². The van der Waals surface area contributed by atoms with Gasteiger partial charge in [-0.3, -0.25) is 0 Å². The van der Waals surface area contributed by atoms with Crippen LogP contribution in [0.4, 0.5) is 0 Å². The summed E-state index contributed by atoms with van der Waals surface area (Å²) in [5.41, 5.74) is 1.34. The Labute approximate surface area is 124 Å². The van der Waals surface area contributed by atoms with Gasteiger partial charge < -0.3 is 14.8 Å². The maximum absolute atomic E-state index is 5.74. The van der Waals surface area contributed by atoms with Gasteiger partial charge in [-0.05, 0) is 39.0 Å². The summed E-state index contributed by atoms with van der Waals surface area (Å²) >= 11 is 1.92. The minimum absolute atomic E-state index is 0.00873.